The Labute approximate surface area is 338 Å². The van der Waals surface area contributed by atoms with Crippen molar-refractivity contribution < 1.29 is 43.2 Å². The van der Waals surface area contributed by atoms with Gasteiger partial charge in [0, 0.05) is 38.0 Å². The number of alkyl halides is 6. The summed E-state index contributed by atoms with van der Waals surface area (Å²) < 4.78 is 125. The molecule has 2 aromatic carbocycles. The molecule has 2 heterocycles. The maximum Gasteiger partial charge on any atom is 0.416 e. The van der Waals surface area contributed by atoms with Crippen LogP contribution in [0.3, 0.4) is 0 Å². The number of terminal acetylenes is 1. The molecule has 3 N–H and O–H groups in total. The van der Waals surface area contributed by atoms with Crippen LogP contribution in [0.2, 0.25) is 0 Å². The summed E-state index contributed by atoms with van der Waals surface area (Å²) in [6.07, 6.45) is 3.70. The van der Waals surface area contributed by atoms with E-state index in [4.69, 9.17) is 5.73 Å². The minimum Gasteiger partial charge on any atom is -0.365 e. The zero-order valence-electron chi connectivity index (χ0n) is 28.3. The molecule has 2 aromatic heterocycles. The summed E-state index contributed by atoms with van der Waals surface area (Å²) in [6.45, 7) is 3.20. The number of hydrogen-bond acceptors (Lipinski definition) is 8. The lowest BCUT2D eigenvalue weighted by Crippen LogP contribution is -2.14. The summed E-state index contributed by atoms with van der Waals surface area (Å²) in [4.78, 5) is 7.22. The molecule has 0 fully saturated rings. The van der Waals surface area contributed by atoms with E-state index in [1.54, 1.807) is 18.3 Å². The molecule has 8 nitrogen and oxygen atoms in total. The molecule has 54 heavy (non-hydrogen) atoms. The topological polar surface area (TPSA) is 132 Å². The maximum absolute atomic E-state index is 13.2. The second-order valence-corrected chi connectivity index (χ2v) is 16.3. The first-order valence-electron chi connectivity index (χ1n) is 14.2. The molecular formula is C35H37Br3F6N4O4S2. The Morgan fingerprint density at radius 2 is 1.13 bits per heavy atom. The predicted molar refractivity (Wildman–Crippen MR) is 212 cm³/mol. The lowest BCUT2D eigenvalue weighted by atomic mass is 10.1. The molecule has 0 atom stereocenters. The summed E-state index contributed by atoms with van der Waals surface area (Å²) in [5.41, 5.74) is 2.98. The third-order valence-electron chi connectivity index (χ3n) is 6.02. The van der Waals surface area contributed by atoms with Gasteiger partial charge in [0.25, 0.3) is 0 Å². The number of sulfone groups is 2. The number of anilines is 1. The third-order valence-corrected chi connectivity index (χ3v) is 10.7. The van der Waals surface area contributed by atoms with Gasteiger partial charge in [0.1, 0.15) is 10.4 Å². The second-order valence-electron chi connectivity index (χ2n) is 9.85. The normalized spacial score (nSPS) is 10.7. The van der Waals surface area contributed by atoms with Crippen molar-refractivity contribution >= 4 is 73.3 Å². The van der Waals surface area contributed by atoms with Gasteiger partial charge in [-0.05, 0) is 121 Å². The minimum atomic E-state index is -4.65. The van der Waals surface area contributed by atoms with Crippen molar-refractivity contribution in [3.63, 3.8) is 0 Å². The van der Waals surface area contributed by atoms with Gasteiger partial charge in [0.2, 0.25) is 0 Å². The van der Waals surface area contributed by atoms with Crippen molar-refractivity contribution in [2.24, 2.45) is 5.73 Å². The van der Waals surface area contributed by atoms with Crippen molar-refractivity contribution in [1.82, 2.24) is 9.97 Å². The van der Waals surface area contributed by atoms with Crippen LogP contribution in [0.5, 0.6) is 0 Å². The summed E-state index contributed by atoms with van der Waals surface area (Å²) in [5.74, 6) is 5.76. The van der Waals surface area contributed by atoms with E-state index in [-0.39, 0.29) is 41.4 Å². The molecule has 0 saturated carbocycles. The predicted octanol–water partition coefficient (Wildman–Crippen LogP) is 9.97. The Morgan fingerprint density at radius 1 is 0.722 bits per heavy atom. The molecule has 4 rings (SSSR count). The molecule has 4 aromatic rings. The number of nitrogens with zero attached hydrogens (tertiary/aromatic N) is 2. The molecule has 0 spiro atoms. The SMILES string of the molecule is Brc1cccnc1Br.C.C#C.CC#CC.CS(=O)(=O)c1ccc(CN)c(C(F)(F)F)c1.CS(=O)(=O)c1ccc(CNc2ncccc2Br)c(C(F)(F)F)c1. The van der Waals surface area contributed by atoms with Crippen LogP contribution in [-0.2, 0) is 45.1 Å². The average Bonchev–Trinajstić information content (AvgIpc) is 3.09. The average molecular weight is 996 g/mol. The van der Waals surface area contributed by atoms with Crippen LogP contribution in [0, 0.1) is 24.7 Å². The highest BCUT2D eigenvalue weighted by atomic mass is 79.9. The van der Waals surface area contributed by atoms with Gasteiger partial charge in [-0.3, -0.25) is 0 Å². The van der Waals surface area contributed by atoms with E-state index in [0.29, 0.717) is 22.4 Å². The number of benzene rings is 2. The highest BCUT2D eigenvalue weighted by molar-refractivity contribution is 9.13. The van der Waals surface area contributed by atoms with Gasteiger partial charge in [0.05, 0.1) is 29.9 Å². The van der Waals surface area contributed by atoms with Gasteiger partial charge in [-0.25, -0.2) is 26.8 Å². The Balaban J connectivity index is 0. The number of nitrogens with two attached hydrogens (primary N) is 1. The van der Waals surface area contributed by atoms with E-state index in [1.165, 1.54) is 6.20 Å². The van der Waals surface area contributed by atoms with Crippen LogP contribution < -0.4 is 11.1 Å². The van der Waals surface area contributed by atoms with Crippen molar-refractivity contribution in [2.45, 2.75) is 56.5 Å². The van der Waals surface area contributed by atoms with E-state index < -0.39 is 43.2 Å². The fourth-order valence-corrected chi connectivity index (χ4v) is 5.69. The minimum absolute atomic E-state index is 0. The first kappa shape index (κ1) is 52.6. The molecule has 0 bridgehead atoms. The first-order valence-corrected chi connectivity index (χ1v) is 20.4. The number of pyridine rings is 2. The number of rotatable bonds is 6. The van der Waals surface area contributed by atoms with Crippen LogP contribution in [0.15, 0.2) is 96.4 Å². The van der Waals surface area contributed by atoms with Crippen molar-refractivity contribution in [2.75, 3.05) is 17.8 Å². The summed E-state index contributed by atoms with van der Waals surface area (Å²) in [7, 11) is -7.37. The van der Waals surface area contributed by atoms with Crippen molar-refractivity contribution in [1.29, 1.82) is 0 Å². The Bertz CT molecular complexity index is 2080. The summed E-state index contributed by atoms with van der Waals surface area (Å²) in [6, 6.07) is 13.0. The summed E-state index contributed by atoms with van der Waals surface area (Å²) in [5, 5.41) is 2.79. The van der Waals surface area contributed by atoms with Crippen LogP contribution >= 0.6 is 47.8 Å². The molecule has 0 aliphatic rings. The molecular weight excluding hydrogens is 958 g/mol. The monoisotopic (exact) mass is 992 g/mol. The number of nitrogens with one attached hydrogen (secondary N) is 1. The molecule has 0 amide bonds. The molecule has 0 unspecified atom stereocenters. The maximum atomic E-state index is 13.2. The molecule has 0 aliphatic carbocycles. The second kappa shape index (κ2) is 24.1. The van der Waals surface area contributed by atoms with Gasteiger partial charge in [-0.2, -0.15) is 26.3 Å². The zero-order valence-corrected chi connectivity index (χ0v) is 34.7. The number of halogens is 9. The molecule has 19 heteroatoms. The van der Waals surface area contributed by atoms with Crippen LogP contribution in [0.25, 0.3) is 0 Å². The van der Waals surface area contributed by atoms with Gasteiger partial charge >= 0.3 is 12.4 Å². The van der Waals surface area contributed by atoms with E-state index in [2.05, 4.69) is 87.8 Å². The van der Waals surface area contributed by atoms with E-state index in [1.807, 2.05) is 26.0 Å². The van der Waals surface area contributed by atoms with E-state index >= 15 is 0 Å². The lowest BCUT2D eigenvalue weighted by molar-refractivity contribution is -0.139. The van der Waals surface area contributed by atoms with Crippen LogP contribution in [-0.4, -0.2) is 39.3 Å². The fraction of sp³-hybridized carbons (Fsp3) is 0.257. The highest BCUT2D eigenvalue weighted by Crippen LogP contribution is 2.35. The van der Waals surface area contributed by atoms with Crippen molar-refractivity contribution in [3.8, 4) is 24.7 Å². The van der Waals surface area contributed by atoms with Crippen molar-refractivity contribution in [3.05, 3.63) is 109 Å². The quantitative estimate of drug-likeness (QED) is 0.111. The number of aromatic nitrogens is 2. The molecule has 296 valence electrons. The van der Waals surface area contributed by atoms with Crippen LogP contribution in [0.1, 0.15) is 43.5 Å². The van der Waals surface area contributed by atoms with E-state index in [0.717, 1.165) is 45.9 Å². The highest BCUT2D eigenvalue weighted by Gasteiger charge is 2.35. The first-order chi connectivity index (χ1) is 24.5. The smallest absolute Gasteiger partial charge is 0.365 e. The van der Waals surface area contributed by atoms with Gasteiger partial charge in [-0.1, -0.05) is 19.6 Å². The van der Waals surface area contributed by atoms with Crippen LogP contribution in [0.4, 0.5) is 32.2 Å². The molecule has 0 aliphatic heterocycles. The Hall–Kier alpha value is -3.46. The summed E-state index contributed by atoms with van der Waals surface area (Å²) >= 11 is 9.76. The zero-order chi connectivity index (χ0) is 41.2. The largest absolute Gasteiger partial charge is 0.416 e. The Kier molecular flexibility index (Phi) is 23.5. The van der Waals surface area contributed by atoms with E-state index in [9.17, 15) is 43.2 Å². The number of hydrogen-bond donors (Lipinski definition) is 2. The Morgan fingerprint density at radius 3 is 1.46 bits per heavy atom. The van der Waals surface area contributed by atoms with Gasteiger partial charge in [-0.15, -0.1) is 24.7 Å². The van der Waals surface area contributed by atoms with Gasteiger partial charge < -0.3 is 11.1 Å². The van der Waals surface area contributed by atoms with Gasteiger partial charge in [0.15, 0.2) is 19.7 Å². The third kappa shape index (κ3) is 18.7. The fourth-order valence-electron chi connectivity index (χ4n) is 3.49. The molecule has 0 radical (unpaired) electrons. The standard InChI is InChI=1S/C14H12BrF3N2O2S.C9H10F3NO2S.C5H3Br2N.C4H6.C2H2.CH4/c1-23(21,22)10-5-4-9(11(7-10)14(16,17)18)8-20-13-12(15)3-2-6-19-13;1-16(14,15)7-3-2-6(5-13)8(4-7)9(10,11)12;6-4-2-1-3-8-5(4)7;1-3-4-2;1-2;/h2-7H,8H2,1H3,(H,19,20);2-4H,5,13H2,1H3;1-3H;1-2H3;1-2H;1H4. The molecule has 0 saturated heterocycles. The lowest BCUT2D eigenvalue weighted by Gasteiger charge is -2.15.